The quantitative estimate of drug-likeness (QED) is 0.198. The molecule has 0 saturated heterocycles. The second-order valence-electron chi connectivity index (χ2n) is 9.56. The van der Waals surface area contributed by atoms with Gasteiger partial charge in [-0.25, -0.2) is 8.78 Å². The highest BCUT2D eigenvalue weighted by molar-refractivity contribution is 5.64. The van der Waals surface area contributed by atoms with Crippen LogP contribution in [0.2, 0.25) is 0 Å². The average molecular weight is 481 g/mol. The van der Waals surface area contributed by atoms with E-state index in [2.05, 4.69) is 60.7 Å². The van der Waals surface area contributed by atoms with Crippen molar-refractivity contribution in [2.45, 2.75) is 51.9 Å². The molecule has 0 unspecified atom stereocenters. The lowest BCUT2D eigenvalue weighted by molar-refractivity contribution is 0.540. The van der Waals surface area contributed by atoms with Crippen LogP contribution in [0.1, 0.15) is 54.0 Å². The fourth-order valence-corrected chi connectivity index (χ4v) is 4.63. The summed E-state index contributed by atoms with van der Waals surface area (Å²) in [6.07, 6.45) is 8.08. The summed E-state index contributed by atoms with van der Waals surface area (Å²) >= 11 is 0. The van der Waals surface area contributed by atoms with Crippen molar-refractivity contribution in [1.29, 1.82) is 0 Å². The summed E-state index contributed by atoms with van der Waals surface area (Å²) < 4.78 is 29.7. The predicted molar refractivity (Wildman–Crippen MR) is 147 cm³/mol. The molecular weight excluding hydrogens is 446 g/mol. The minimum Gasteiger partial charge on any atom is -0.207 e. The van der Waals surface area contributed by atoms with E-state index in [0.29, 0.717) is 18.4 Å². The molecule has 0 fully saturated rings. The third-order valence-corrected chi connectivity index (χ3v) is 6.86. The molecule has 0 heterocycles. The lowest BCUT2D eigenvalue weighted by atomic mass is 9.92. The Kier molecular flexibility index (Phi) is 8.84. The minimum atomic E-state index is -0.447. The molecular formula is C34H34F2. The van der Waals surface area contributed by atoms with Crippen molar-refractivity contribution in [1.82, 2.24) is 0 Å². The van der Waals surface area contributed by atoms with Crippen LogP contribution in [0.3, 0.4) is 0 Å². The number of allylic oxidation sites excluding steroid dienone is 2. The van der Waals surface area contributed by atoms with Crippen LogP contribution in [0.5, 0.6) is 0 Å². The van der Waals surface area contributed by atoms with Crippen LogP contribution in [-0.4, -0.2) is 0 Å². The van der Waals surface area contributed by atoms with Crippen LogP contribution in [0.4, 0.5) is 8.78 Å². The number of hydrogen-bond donors (Lipinski definition) is 0. The van der Waals surface area contributed by atoms with Crippen LogP contribution in [-0.2, 0) is 25.7 Å². The fourth-order valence-electron chi connectivity index (χ4n) is 4.63. The van der Waals surface area contributed by atoms with E-state index in [-0.39, 0.29) is 11.5 Å². The molecule has 0 aliphatic carbocycles. The molecule has 0 saturated carbocycles. The Balaban J connectivity index is 1.36. The van der Waals surface area contributed by atoms with E-state index < -0.39 is 11.6 Å². The van der Waals surface area contributed by atoms with Gasteiger partial charge in [-0.3, -0.25) is 0 Å². The van der Waals surface area contributed by atoms with Gasteiger partial charge in [0, 0.05) is 5.56 Å². The van der Waals surface area contributed by atoms with Gasteiger partial charge in [0.2, 0.25) is 0 Å². The van der Waals surface area contributed by atoms with Gasteiger partial charge in [-0.05, 0) is 90.5 Å². The summed E-state index contributed by atoms with van der Waals surface area (Å²) in [5, 5.41) is 0. The fraction of sp³-hybridized carbons (Fsp3) is 0.235. The molecule has 1 atom stereocenters. The highest BCUT2D eigenvalue weighted by Gasteiger charge is 2.16. The Bertz CT molecular complexity index is 1250. The Morgan fingerprint density at radius 3 is 1.75 bits per heavy atom. The first kappa shape index (κ1) is 25.6. The number of halogens is 2. The molecule has 0 spiro atoms. The molecule has 0 aliphatic heterocycles. The van der Waals surface area contributed by atoms with Gasteiger partial charge in [-0.15, -0.1) is 0 Å². The number of hydrogen-bond acceptors (Lipinski definition) is 0. The third kappa shape index (κ3) is 6.79. The van der Waals surface area contributed by atoms with Crippen molar-refractivity contribution in [3.8, 4) is 11.1 Å². The van der Waals surface area contributed by atoms with Gasteiger partial charge in [-0.1, -0.05) is 97.9 Å². The maximum absolute atomic E-state index is 14.8. The van der Waals surface area contributed by atoms with Crippen LogP contribution >= 0.6 is 0 Å². The van der Waals surface area contributed by atoms with Crippen molar-refractivity contribution >= 4 is 0 Å². The molecule has 36 heavy (non-hydrogen) atoms. The summed E-state index contributed by atoms with van der Waals surface area (Å²) in [4.78, 5) is 0. The number of benzene rings is 4. The van der Waals surface area contributed by atoms with Gasteiger partial charge in [0.1, 0.15) is 11.6 Å². The van der Waals surface area contributed by atoms with Crippen LogP contribution in [0, 0.1) is 11.6 Å². The SMILES string of the molecule is CC=CCCc1ccc(-c2ccc(CCc3cc(F)c(C[C@H](C)c4ccccc4)c(F)c3)cc2)cc1. The molecule has 0 amide bonds. The second-order valence-corrected chi connectivity index (χ2v) is 9.56. The molecule has 4 rings (SSSR count). The van der Waals surface area contributed by atoms with Gasteiger partial charge >= 0.3 is 0 Å². The largest absolute Gasteiger partial charge is 0.207 e. The van der Waals surface area contributed by atoms with E-state index in [0.717, 1.165) is 30.4 Å². The number of aryl methyl sites for hydroxylation is 3. The van der Waals surface area contributed by atoms with Crippen molar-refractivity contribution in [2.75, 3.05) is 0 Å². The minimum absolute atomic E-state index is 0.0500. The van der Waals surface area contributed by atoms with E-state index >= 15 is 0 Å². The molecule has 0 aliphatic rings. The number of rotatable bonds is 10. The molecule has 0 radical (unpaired) electrons. The molecule has 184 valence electrons. The third-order valence-electron chi connectivity index (χ3n) is 6.86. The molecule has 2 heteroatoms. The van der Waals surface area contributed by atoms with Crippen LogP contribution in [0.15, 0.2) is 103 Å². The summed E-state index contributed by atoms with van der Waals surface area (Å²) in [5.41, 5.74) is 6.82. The van der Waals surface area contributed by atoms with Gasteiger partial charge in [0.05, 0.1) is 0 Å². The Morgan fingerprint density at radius 2 is 1.19 bits per heavy atom. The van der Waals surface area contributed by atoms with Crippen LogP contribution in [0.25, 0.3) is 11.1 Å². The standard InChI is InChI=1S/C34H34F2/c1-3-4-6-9-26-14-18-30(19-15-26)31-20-16-27(17-21-31)12-13-28-23-33(35)32(34(36)24-28)22-25(2)29-10-7-5-8-11-29/h3-5,7-8,10-11,14-21,23-25H,6,9,12-13,22H2,1-2H3/t25-/m0/s1. The summed E-state index contributed by atoms with van der Waals surface area (Å²) in [5.74, 6) is -0.844. The molecule has 4 aromatic carbocycles. The summed E-state index contributed by atoms with van der Waals surface area (Å²) in [6.45, 7) is 4.05. The van der Waals surface area contributed by atoms with Crippen molar-refractivity contribution in [2.24, 2.45) is 0 Å². The maximum Gasteiger partial charge on any atom is 0.129 e. The Morgan fingerprint density at radius 1 is 0.667 bits per heavy atom. The molecule has 0 aromatic heterocycles. The zero-order valence-corrected chi connectivity index (χ0v) is 21.2. The lowest BCUT2D eigenvalue weighted by Gasteiger charge is -2.14. The van der Waals surface area contributed by atoms with Crippen molar-refractivity contribution in [3.63, 3.8) is 0 Å². The zero-order chi connectivity index (χ0) is 25.3. The first-order valence-electron chi connectivity index (χ1n) is 12.8. The summed E-state index contributed by atoms with van der Waals surface area (Å²) in [7, 11) is 0. The van der Waals surface area contributed by atoms with Crippen molar-refractivity contribution < 1.29 is 8.78 Å². The smallest absolute Gasteiger partial charge is 0.129 e. The topological polar surface area (TPSA) is 0 Å². The second kappa shape index (κ2) is 12.4. The Hall–Kier alpha value is -3.52. The highest BCUT2D eigenvalue weighted by Crippen LogP contribution is 2.26. The van der Waals surface area contributed by atoms with E-state index in [4.69, 9.17) is 0 Å². The molecule has 0 N–H and O–H groups in total. The van der Waals surface area contributed by atoms with E-state index in [9.17, 15) is 8.78 Å². The van der Waals surface area contributed by atoms with Gasteiger partial charge in [0.25, 0.3) is 0 Å². The lowest BCUT2D eigenvalue weighted by Crippen LogP contribution is -2.05. The maximum atomic E-state index is 14.8. The monoisotopic (exact) mass is 480 g/mol. The first-order chi connectivity index (χ1) is 17.5. The summed E-state index contributed by atoms with van der Waals surface area (Å²) in [6, 6.07) is 30.1. The highest BCUT2D eigenvalue weighted by atomic mass is 19.1. The van der Waals surface area contributed by atoms with Gasteiger partial charge < -0.3 is 0 Å². The van der Waals surface area contributed by atoms with Crippen LogP contribution < -0.4 is 0 Å². The zero-order valence-electron chi connectivity index (χ0n) is 21.2. The van der Waals surface area contributed by atoms with Crippen molar-refractivity contribution in [3.05, 3.63) is 143 Å². The van der Waals surface area contributed by atoms with E-state index in [1.54, 1.807) is 0 Å². The predicted octanol–water partition coefficient (Wildman–Crippen LogP) is 9.27. The molecule has 4 aromatic rings. The van der Waals surface area contributed by atoms with E-state index in [1.165, 1.54) is 28.8 Å². The Labute approximate surface area is 214 Å². The molecule has 0 nitrogen and oxygen atoms in total. The van der Waals surface area contributed by atoms with Gasteiger partial charge in [-0.2, -0.15) is 0 Å². The molecule has 0 bridgehead atoms. The average Bonchev–Trinajstić information content (AvgIpc) is 2.91. The normalized spacial score (nSPS) is 12.2. The van der Waals surface area contributed by atoms with Gasteiger partial charge in [0.15, 0.2) is 0 Å². The van der Waals surface area contributed by atoms with E-state index in [1.807, 2.05) is 44.2 Å². The first-order valence-corrected chi connectivity index (χ1v) is 12.8.